The third-order valence-electron chi connectivity index (χ3n) is 3.54. The molecule has 0 radical (unpaired) electrons. The molecule has 1 rings (SSSR count). The number of benzene rings is 1. The molecule has 0 spiro atoms. The van der Waals surface area contributed by atoms with Crippen molar-refractivity contribution >= 4 is 11.9 Å². The van der Waals surface area contributed by atoms with E-state index in [2.05, 4.69) is 15.6 Å². The minimum absolute atomic E-state index is 0.0346. The molecule has 9 heteroatoms. The van der Waals surface area contributed by atoms with Gasteiger partial charge in [0.25, 0.3) is 0 Å². The van der Waals surface area contributed by atoms with Crippen molar-refractivity contribution in [2.45, 2.75) is 26.1 Å². The lowest BCUT2D eigenvalue weighted by Crippen LogP contribution is -2.43. The minimum Gasteiger partial charge on any atom is -0.382 e. The number of halogens is 3. The number of likely N-dealkylation sites (N-methyl/N-ethyl adjacent to an activating group) is 1. The van der Waals surface area contributed by atoms with Crippen LogP contribution in [-0.2, 0) is 22.3 Å². The lowest BCUT2D eigenvalue weighted by molar-refractivity contribution is -0.137. The lowest BCUT2D eigenvalue weighted by Gasteiger charge is -2.15. The predicted octanol–water partition coefficient (Wildman–Crippen LogP) is 2.26. The highest BCUT2D eigenvalue weighted by molar-refractivity contribution is 5.86. The molecule has 0 atom stereocenters. The largest absolute Gasteiger partial charge is 0.416 e. The van der Waals surface area contributed by atoms with Crippen LogP contribution in [0.4, 0.5) is 13.2 Å². The van der Waals surface area contributed by atoms with E-state index in [1.54, 1.807) is 20.2 Å². The van der Waals surface area contributed by atoms with Crippen molar-refractivity contribution in [3.63, 3.8) is 0 Å². The fourth-order valence-corrected chi connectivity index (χ4v) is 2.03. The van der Waals surface area contributed by atoms with Crippen molar-refractivity contribution in [1.29, 1.82) is 0 Å². The van der Waals surface area contributed by atoms with Gasteiger partial charge in [-0.1, -0.05) is 12.1 Å². The molecule has 27 heavy (non-hydrogen) atoms. The van der Waals surface area contributed by atoms with E-state index in [0.717, 1.165) is 18.6 Å². The Labute approximate surface area is 157 Å². The molecule has 2 N–H and O–H groups in total. The maximum absolute atomic E-state index is 12.8. The number of aliphatic imine (C=N–C) groups is 1. The first kappa shape index (κ1) is 22.8. The molecule has 0 aliphatic carbocycles. The molecule has 0 fully saturated rings. The second-order valence-electron chi connectivity index (χ2n) is 5.98. The Balaban J connectivity index is 2.73. The molecule has 1 aromatic carbocycles. The second kappa shape index (κ2) is 11.4. The molecular formula is C18H27F3N4O2. The molecule has 0 aliphatic heterocycles. The topological polar surface area (TPSA) is 66.0 Å². The molecule has 0 saturated heterocycles. The van der Waals surface area contributed by atoms with E-state index >= 15 is 0 Å². The van der Waals surface area contributed by atoms with Crippen LogP contribution in [-0.4, -0.2) is 57.2 Å². The van der Waals surface area contributed by atoms with Gasteiger partial charge in [-0.25, -0.2) is 4.99 Å². The first-order valence-electron chi connectivity index (χ1n) is 8.70. The molecule has 6 nitrogen and oxygen atoms in total. The van der Waals surface area contributed by atoms with Crippen LogP contribution < -0.4 is 10.6 Å². The summed E-state index contributed by atoms with van der Waals surface area (Å²) in [6.45, 7) is 3.77. The zero-order chi connectivity index (χ0) is 20.3. The number of guanidine groups is 1. The quantitative estimate of drug-likeness (QED) is 0.387. The highest BCUT2D eigenvalue weighted by Crippen LogP contribution is 2.29. The maximum Gasteiger partial charge on any atom is 0.416 e. The van der Waals surface area contributed by atoms with Crippen LogP contribution in [0, 0.1) is 0 Å². The first-order valence-corrected chi connectivity index (χ1v) is 8.70. The Kier molecular flexibility index (Phi) is 9.63. The number of hydrogen-bond donors (Lipinski definition) is 2. The maximum atomic E-state index is 12.8. The number of amides is 1. The Morgan fingerprint density at radius 3 is 2.63 bits per heavy atom. The standard InChI is InChI=1S/C18H27F3N4O2/c1-4-27-10-6-9-22-17(24-13-16(26)25(2)3)23-12-14-7-5-8-15(11-14)18(19,20)21/h5,7-8,11H,4,6,9-10,12-13H2,1-3H3,(H2,22,23,24). The Morgan fingerprint density at radius 1 is 1.26 bits per heavy atom. The van der Waals surface area contributed by atoms with Crippen molar-refractivity contribution in [1.82, 2.24) is 15.5 Å². The van der Waals surface area contributed by atoms with Gasteiger partial charge in [-0.05, 0) is 31.0 Å². The van der Waals surface area contributed by atoms with Crippen LogP contribution in [0.1, 0.15) is 24.5 Å². The van der Waals surface area contributed by atoms with E-state index in [0.29, 0.717) is 31.3 Å². The minimum atomic E-state index is -4.39. The van der Waals surface area contributed by atoms with Gasteiger partial charge in [0.15, 0.2) is 5.96 Å². The van der Waals surface area contributed by atoms with Crippen LogP contribution in [0.25, 0.3) is 0 Å². The lowest BCUT2D eigenvalue weighted by atomic mass is 10.1. The Morgan fingerprint density at radius 2 is 2.00 bits per heavy atom. The fourth-order valence-electron chi connectivity index (χ4n) is 2.03. The smallest absolute Gasteiger partial charge is 0.382 e. The second-order valence-corrected chi connectivity index (χ2v) is 5.98. The number of carbonyl (C=O) groups excluding carboxylic acids is 1. The molecule has 0 heterocycles. The van der Waals surface area contributed by atoms with Crippen molar-refractivity contribution < 1.29 is 22.7 Å². The number of rotatable bonds is 9. The molecular weight excluding hydrogens is 361 g/mol. The van der Waals surface area contributed by atoms with Gasteiger partial charge in [0.05, 0.1) is 18.7 Å². The van der Waals surface area contributed by atoms with Crippen molar-refractivity contribution in [2.24, 2.45) is 4.99 Å². The first-order chi connectivity index (χ1) is 12.7. The zero-order valence-electron chi connectivity index (χ0n) is 15.9. The summed E-state index contributed by atoms with van der Waals surface area (Å²) in [4.78, 5) is 17.4. The summed E-state index contributed by atoms with van der Waals surface area (Å²) in [6.07, 6.45) is -3.66. The van der Waals surface area contributed by atoms with Gasteiger partial charge < -0.3 is 20.3 Å². The van der Waals surface area contributed by atoms with Gasteiger partial charge in [0.2, 0.25) is 5.91 Å². The average Bonchev–Trinajstić information content (AvgIpc) is 2.62. The van der Waals surface area contributed by atoms with E-state index in [9.17, 15) is 18.0 Å². The summed E-state index contributed by atoms with van der Waals surface area (Å²) in [5, 5.41) is 5.95. The van der Waals surface area contributed by atoms with Crippen LogP contribution >= 0.6 is 0 Å². The number of ether oxygens (including phenoxy) is 1. The average molecular weight is 388 g/mol. The number of nitrogens with one attached hydrogen (secondary N) is 2. The summed E-state index contributed by atoms with van der Waals surface area (Å²) < 4.78 is 43.7. The number of nitrogens with zero attached hydrogens (tertiary/aromatic N) is 2. The molecule has 152 valence electrons. The SMILES string of the molecule is CCOCCCNC(=NCc1cccc(C(F)(F)F)c1)NCC(=O)N(C)C. The van der Waals surface area contributed by atoms with Crippen molar-refractivity contribution in [3.8, 4) is 0 Å². The molecule has 0 unspecified atom stereocenters. The monoisotopic (exact) mass is 388 g/mol. The molecule has 1 aromatic rings. The van der Waals surface area contributed by atoms with E-state index in [4.69, 9.17) is 4.74 Å². The van der Waals surface area contributed by atoms with Crippen LogP contribution in [0.3, 0.4) is 0 Å². The summed E-state index contributed by atoms with van der Waals surface area (Å²) >= 11 is 0. The van der Waals surface area contributed by atoms with Crippen LogP contribution in [0.5, 0.6) is 0 Å². The third kappa shape index (κ3) is 9.28. The number of hydrogen-bond acceptors (Lipinski definition) is 3. The summed E-state index contributed by atoms with van der Waals surface area (Å²) in [7, 11) is 3.28. The van der Waals surface area contributed by atoms with E-state index in [-0.39, 0.29) is 19.0 Å². The zero-order valence-corrected chi connectivity index (χ0v) is 15.9. The molecule has 1 amide bonds. The van der Waals surface area contributed by atoms with Gasteiger partial charge >= 0.3 is 6.18 Å². The number of carbonyl (C=O) groups is 1. The normalized spacial score (nSPS) is 12.0. The number of alkyl halides is 3. The van der Waals surface area contributed by atoms with Gasteiger partial charge in [0.1, 0.15) is 0 Å². The molecule has 0 saturated carbocycles. The van der Waals surface area contributed by atoms with Gasteiger partial charge in [-0.2, -0.15) is 13.2 Å². The van der Waals surface area contributed by atoms with E-state index in [1.807, 2.05) is 6.92 Å². The van der Waals surface area contributed by atoms with Gasteiger partial charge in [0, 0.05) is 33.9 Å². The van der Waals surface area contributed by atoms with Crippen LogP contribution in [0.15, 0.2) is 29.3 Å². The van der Waals surface area contributed by atoms with Crippen molar-refractivity contribution in [3.05, 3.63) is 35.4 Å². The van der Waals surface area contributed by atoms with Crippen LogP contribution in [0.2, 0.25) is 0 Å². The fraction of sp³-hybridized carbons (Fsp3) is 0.556. The Bertz CT molecular complexity index is 619. The summed E-state index contributed by atoms with van der Waals surface area (Å²) in [5.74, 6) is 0.219. The van der Waals surface area contributed by atoms with Crippen molar-refractivity contribution in [2.75, 3.05) is 40.4 Å². The summed E-state index contributed by atoms with van der Waals surface area (Å²) in [5.41, 5.74) is -0.281. The van der Waals surface area contributed by atoms with E-state index < -0.39 is 11.7 Å². The van der Waals surface area contributed by atoms with Gasteiger partial charge in [-0.3, -0.25) is 4.79 Å². The van der Waals surface area contributed by atoms with E-state index in [1.165, 1.54) is 11.0 Å². The molecule has 0 aromatic heterocycles. The van der Waals surface area contributed by atoms with Gasteiger partial charge in [-0.15, -0.1) is 0 Å². The molecule has 0 bridgehead atoms. The Hall–Kier alpha value is -2.29. The third-order valence-corrected chi connectivity index (χ3v) is 3.54. The summed E-state index contributed by atoms with van der Waals surface area (Å²) in [6, 6.07) is 5.03. The highest BCUT2D eigenvalue weighted by Gasteiger charge is 2.30. The molecule has 0 aliphatic rings. The highest BCUT2D eigenvalue weighted by atomic mass is 19.4. The predicted molar refractivity (Wildman–Crippen MR) is 98.4 cm³/mol.